The number of hydrogen-bond donors (Lipinski definition) is 2. The molecule has 1 aromatic carbocycles. The average Bonchev–Trinajstić information content (AvgIpc) is 2.35. The molecule has 1 aromatic rings. The Morgan fingerprint density at radius 1 is 1.20 bits per heavy atom. The quantitative estimate of drug-likeness (QED) is 0.843. The number of carboxylic acids is 1. The number of aliphatic carboxylic acids is 1. The molecule has 7 heteroatoms. The number of halogens is 3. The van der Waals surface area contributed by atoms with Crippen molar-refractivity contribution in [3.63, 3.8) is 0 Å². The highest BCUT2D eigenvalue weighted by Crippen LogP contribution is 2.16. The summed E-state index contributed by atoms with van der Waals surface area (Å²) in [5.74, 6) is -3.37. The maximum Gasteiger partial charge on any atom is 0.471 e. The van der Waals surface area contributed by atoms with Gasteiger partial charge in [-0.3, -0.25) is 9.59 Å². The third kappa shape index (κ3) is 5.73. The molecule has 110 valence electrons. The van der Waals surface area contributed by atoms with Crippen LogP contribution in [0.5, 0.6) is 0 Å². The molecule has 0 aliphatic carbocycles. The van der Waals surface area contributed by atoms with Gasteiger partial charge in [0.15, 0.2) is 0 Å². The van der Waals surface area contributed by atoms with Gasteiger partial charge in [-0.25, -0.2) is 0 Å². The van der Waals surface area contributed by atoms with Gasteiger partial charge in [0.2, 0.25) is 0 Å². The van der Waals surface area contributed by atoms with Crippen LogP contribution in [0.2, 0.25) is 0 Å². The lowest BCUT2D eigenvalue weighted by Crippen LogP contribution is -2.44. The molecule has 0 saturated carbocycles. The number of nitrogens with one attached hydrogen (secondary N) is 1. The number of rotatable bonds is 6. The summed E-state index contributed by atoms with van der Waals surface area (Å²) in [6, 6.07) is 7.85. The zero-order valence-corrected chi connectivity index (χ0v) is 10.5. The van der Waals surface area contributed by atoms with Crippen molar-refractivity contribution < 1.29 is 27.9 Å². The Balaban J connectivity index is 2.60. The molecule has 0 aliphatic heterocycles. The maximum absolute atomic E-state index is 12.2. The van der Waals surface area contributed by atoms with Crippen molar-refractivity contribution in [2.45, 2.75) is 31.5 Å². The Kier molecular flexibility index (Phi) is 5.54. The molecule has 0 bridgehead atoms. The largest absolute Gasteiger partial charge is 0.481 e. The van der Waals surface area contributed by atoms with E-state index in [1.807, 2.05) is 0 Å². The van der Waals surface area contributed by atoms with Crippen molar-refractivity contribution in [3.05, 3.63) is 35.9 Å². The smallest absolute Gasteiger partial charge is 0.471 e. The van der Waals surface area contributed by atoms with Gasteiger partial charge in [-0.15, -0.1) is 0 Å². The fourth-order valence-electron chi connectivity index (χ4n) is 1.69. The van der Waals surface area contributed by atoms with Crippen LogP contribution in [-0.2, 0) is 16.0 Å². The second-order valence-corrected chi connectivity index (χ2v) is 4.29. The van der Waals surface area contributed by atoms with Crippen LogP contribution < -0.4 is 5.32 Å². The van der Waals surface area contributed by atoms with Crippen LogP contribution in [0.3, 0.4) is 0 Å². The molecule has 0 aliphatic rings. The van der Waals surface area contributed by atoms with Crippen molar-refractivity contribution in [1.82, 2.24) is 5.32 Å². The predicted octanol–water partition coefficient (Wildman–Crippen LogP) is 2.14. The summed E-state index contributed by atoms with van der Waals surface area (Å²) < 4.78 is 36.5. The molecule has 0 spiro atoms. The summed E-state index contributed by atoms with van der Waals surface area (Å²) in [6.07, 6.45) is -5.05. The van der Waals surface area contributed by atoms with E-state index in [2.05, 4.69) is 0 Å². The zero-order valence-electron chi connectivity index (χ0n) is 10.5. The fourth-order valence-corrected chi connectivity index (χ4v) is 1.69. The number of alkyl halides is 3. The van der Waals surface area contributed by atoms with Crippen molar-refractivity contribution in [3.8, 4) is 0 Å². The molecule has 0 aromatic heterocycles. The lowest BCUT2D eigenvalue weighted by Gasteiger charge is -2.18. The van der Waals surface area contributed by atoms with Gasteiger partial charge >= 0.3 is 18.1 Å². The van der Waals surface area contributed by atoms with E-state index in [-0.39, 0.29) is 6.42 Å². The lowest BCUT2D eigenvalue weighted by atomic mass is 10.0. The van der Waals surface area contributed by atoms with E-state index in [0.717, 1.165) is 5.56 Å². The first-order valence-corrected chi connectivity index (χ1v) is 5.92. The highest BCUT2D eigenvalue weighted by atomic mass is 19.4. The molecule has 20 heavy (non-hydrogen) atoms. The number of amides is 1. The number of hydrogen-bond acceptors (Lipinski definition) is 2. The van der Waals surface area contributed by atoms with Crippen LogP contribution in [0.1, 0.15) is 18.4 Å². The minimum Gasteiger partial charge on any atom is -0.481 e. The Bertz CT molecular complexity index is 460. The third-order valence-electron chi connectivity index (χ3n) is 2.64. The Morgan fingerprint density at radius 3 is 2.30 bits per heavy atom. The molecular formula is C13H14F3NO3. The summed E-state index contributed by atoms with van der Waals surface area (Å²) in [5.41, 5.74) is 0.865. The third-order valence-corrected chi connectivity index (χ3v) is 2.64. The minimum atomic E-state index is -5.01. The van der Waals surface area contributed by atoms with E-state index in [4.69, 9.17) is 5.11 Å². The van der Waals surface area contributed by atoms with Crippen LogP contribution in [-0.4, -0.2) is 29.2 Å². The summed E-state index contributed by atoms with van der Waals surface area (Å²) in [4.78, 5) is 21.5. The molecule has 1 rings (SSSR count). The summed E-state index contributed by atoms with van der Waals surface area (Å²) in [7, 11) is 0. The van der Waals surface area contributed by atoms with Gasteiger partial charge in [0.05, 0.1) is 6.42 Å². The molecule has 0 heterocycles. The van der Waals surface area contributed by atoms with E-state index >= 15 is 0 Å². The van der Waals surface area contributed by atoms with Gasteiger partial charge < -0.3 is 10.4 Å². The SMILES string of the molecule is O=C(O)CC(CCc1ccccc1)NC(=O)C(F)(F)F. The highest BCUT2D eigenvalue weighted by Gasteiger charge is 2.39. The number of aryl methyl sites for hydroxylation is 1. The number of benzene rings is 1. The summed E-state index contributed by atoms with van der Waals surface area (Å²) in [6.45, 7) is 0. The van der Waals surface area contributed by atoms with Crippen LogP contribution in [0.4, 0.5) is 13.2 Å². The van der Waals surface area contributed by atoms with Gasteiger partial charge in [-0.1, -0.05) is 30.3 Å². The zero-order chi connectivity index (χ0) is 15.2. The molecule has 0 saturated heterocycles. The van der Waals surface area contributed by atoms with Gasteiger partial charge in [0, 0.05) is 6.04 Å². The molecule has 0 fully saturated rings. The summed E-state index contributed by atoms with van der Waals surface area (Å²) >= 11 is 0. The molecular weight excluding hydrogens is 275 g/mol. The Hall–Kier alpha value is -2.05. The first-order chi connectivity index (χ1) is 9.29. The summed E-state index contributed by atoms with van der Waals surface area (Å²) in [5, 5.41) is 10.4. The molecule has 1 unspecified atom stereocenters. The van der Waals surface area contributed by atoms with E-state index in [1.165, 1.54) is 0 Å². The van der Waals surface area contributed by atoms with Crippen molar-refractivity contribution in [2.75, 3.05) is 0 Å². The van der Waals surface area contributed by atoms with Gasteiger partial charge in [-0.2, -0.15) is 13.2 Å². The van der Waals surface area contributed by atoms with Crippen LogP contribution in [0.25, 0.3) is 0 Å². The molecule has 4 nitrogen and oxygen atoms in total. The Morgan fingerprint density at radius 2 is 1.80 bits per heavy atom. The topological polar surface area (TPSA) is 66.4 Å². The second kappa shape index (κ2) is 6.93. The van der Waals surface area contributed by atoms with E-state index in [0.29, 0.717) is 6.42 Å². The van der Waals surface area contributed by atoms with Gasteiger partial charge in [0.1, 0.15) is 0 Å². The second-order valence-electron chi connectivity index (χ2n) is 4.29. The van der Waals surface area contributed by atoms with Crippen LogP contribution in [0.15, 0.2) is 30.3 Å². The molecule has 1 amide bonds. The van der Waals surface area contributed by atoms with E-state index in [1.54, 1.807) is 35.6 Å². The van der Waals surface area contributed by atoms with Crippen LogP contribution >= 0.6 is 0 Å². The monoisotopic (exact) mass is 289 g/mol. The van der Waals surface area contributed by atoms with E-state index in [9.17, 15) is 22.8 Å². The minimum absolute atomic E-state index is 0.123. The first kappa shape index (κ1) is 16.0. The van der Waals surface area contributed by atoms with Crippen LogP contribution in [0, 0.1) is 0 Å². The Labute approximate surface area is 113 Å². The average molecular weight is 289 g/mol. The fraction of sp³-hybridized carbons (Fsp3) is 0.385. The first-order valence-electron chi connectivity index (χ1n) is 5.92. The molecule has 0 radical (unpaired) electrons. The number of carbonyl (C=O) groups excluding carboxylic acids is 1. The van der Waals surface area contributed by atoms with Crippen molar-refractivity contribution in [1.29, 1.82) is 0 Å². The lowest BCUT2D eigenvalue weighted by molar-refractivity contribution is -0.174. The normalized spacial score (nSPS) is 12.8. The molecule has 1 atom stereocenters. The van der Waals surface area contributed by atoms with Crippen molar-refractivity contribution in [2.24, 2.45) is 0 Å². The van der Waals surface area contributed by atoms with Gasteiger partial charge in [0.25, 0.3) is 0 Å². The standard InChI is InChI=1S/C13H14F3NO3/c14-13(15,16)12(20)17-10(8-11(18)19)7-6-9-4-2-1-3-5-9/h1-5,10H,6-8H2,(H,17,20)(H,18,19). The predicted molar refractivity (Wildman–Crippen MR) is 65.0 cm³/mol. The highest BCUT2D eigenvalue weighted by molar-refractivity contribution is 5.82. The maximum atomic E-state index is 12.2. The van der Waals surface area contributed by atoms with Crippen molar-refractivity contribution >= 4 is 11.9 Å². The van der Waals surface area contributed by atoms with Gasteiger partial charge in [-0.05, 0) is 18.4 Å². The number of carbonyl (C=O) groups is 2. The number of carboxylic acid groups (broad SMARTS) is 1. The molecule has 2 N–H and O–H groups in total. The van der Waals surface area contributed by atoms with E-state index < -0.39 is 30.5 Å².